The first-order valence-electron chi connectivity index (χ1n) is 8.73. The summed E-state index contributed by atoms with van der Waals surface area (Å²) in [4.78, 5) is 38.9. The Bertz CT molecular complexity index is 983. The summed E-state index contributed by atoms with van der Waals surface area (Å²) in [5.41, 5.74) is 1.24. The maximum absolute atomic E-state index is 13.3. The van der Waals surface area contributed by atoms with Gasteiger partial charge in [-0.05, 0) is 12.1 Å². The van der Waals surface area contributed by atoms with Crippen LogP contribution in [-0.2, 0) is 16.0 Å². The van der Waals surface area contributed by atoms with Crippen LogP contribution >= 0.6 is 23.5 Å². The summed E-state index contributed by atoms with van der Waals surface area (Å²) >= 11 is 3.05. The lowest BCUT2D eigenvalue weighted by Crippen LogP contribution is -2.37. The van der Waals surface area contributed by atoms with Crippen molar-refractivity contribution < 1.29 is 14.5 Å². The Hall–Kier alpha value is -2.58. The first-order chi connectivity index (χ1) is 13.6. The van der Waals surface area contributed by atoms with Crippen molar-refractivity contribution in [2.24, 2.45) is 0 Å². The van der Waals surface area contributed by atoms with Gasteiger partial charge in [-0.3, -0.25) is 24.6 Å². The third-order valence-corrected chi connectivity index (χ3v) is 7.40. The molecule has 0 spiro atoms. The van der Waals surface area contributed by atoms with E-state index in [4.69, 9.17) is 0 Å². The predicted octanol–water partition coefficient (Wildman–Crippen LogP) is 3.81. The van der Waals surface area contributed by atoms with Crippen LogP contribution in [-0.4, -0.2) is 34.2 Å². The second kappa shape index (κ2) is 7.81. The number of thioether (sulfide) groups is 2. The van der Waals surface area contributed by atoms with Crippen LogP contribution in [0.5, 0.6) is 0 Å². The molecule has 2 aliphatic heterocycles. The smallest absolute Gasteiger partial charge is 0.272 e. The molecule has 1 atom stereocenters. The van der Waals surface area contributed by atoms with Crippen LogP contribution in [0.3, 0.4) is 0 Å². The Balaban J connectivity index is 1.79. The molecule has 0 aliphatic carbocycles. The second-order valence-corrected chi connectivity index (χ2v) is 8.81. The van der Waals surface area contributed by atoms with Crippen LogP contribution in [0.15, 0.2) is 64.4 Å². The summed E-state index contributed by atoms with van der Waals surface area (Å²) in [7, 11) is 0. The van der Waals surface area contributed by atoms with E-state index in [2.05, 4.69) is 0 Å². The molecule has 28 heavy (non-hydrogen) atoms. The van der Waals surface area contributed by atoms with Crippen molar-refractivity contribution in [2.45, 2.75) is 12.5 Å². The lowest BCUT2D eigenvalue weighted by molar-refractivity contribution is -0.385. The lowest BCUT2D eigenvalue weighted by atomic mass is 10.00. The van der Waals surface area contributed by atoms with Gasteiger partial charge in [0.25, 0.3) is 11.6 Å². The maximum Gasteiger partial charge on any atom is 0.272 e. The minimum absolute atomic E-state index is 0.0403. The van der Waals surface area contributed by atoms with E-state index in [1.165, 1.54) is 34.5 Å². The number of anilines is 1. The van der Waals surface area contributed by atoms with E-state index < -0.39 is 11.0 Å². The van der Waals surface area contributed by atoms with E-state index in [1.54, 1.807) is 42.5 Å². The third kappa shape index (κ3) is 3.33. The van der Waals surface area contributed by atoms with Gasteiger partial charge in [-0.15, -0.1) is 23.5 Å². The van der Waals surface area contributed by atoms with Crippen LogP contribution in [0.25, 0.3) is 0 Å². The highest BCUT2D eigenvalue weighted by Gasteiger charge is 2.46. The number of amides is 1. The highest BCUT2D eigenvalue weighted by atomic mass is 32.2. The van der Waals surface area contributed by atoms with Crippen molar-refractivity contribution in [3.8, 4) is 0 Å². The molecule has 2 fully saturated rings. The Morgan fingerprint density at radius 1 is 1.00 bits per heavy atom. The highest BCUT2D eigenvalue weighted by Crippen LogP contribution is 2.43. The minimum Gasteiger partial charge on any atom is -0.297 e. The molecule has 8 heteroatoms. The largest absolute Gasteiger partial charge is 0.297 e. The molecule has 1 amide bonds. The maximum atomic E-state index is 13.3. The summed E-state index contributed by atoms with van der Waals surface area (Å²) in [5.74, 6) is 1.15. The fourth-order valence-electron chi connectivity index (χ4n) is 3.43. The number of hydrogen-bond acceptors (Lipinski definition) is 6. The van der Waals surface area contributed by atoms with Crippen molar-refractivity contribution in [1.29, 1.82) is 0 Å². The highest BCUT2D eigenvalue weighted by molar-refractivity contribution is 8.25. The fourth-order valence-corrected chi connectivity index (χ4v) is 5.97. The number of Topliss-reactive ketones (excluding diaryl/α,β-unsaturated/α-hetero) is 1. The Morgan fingerprint density at radius 2 is 1.64 bits per heavy atom. The molecule has 142 valence electrons. The fraction of sp³-hybridized carbons (Fsp3) is 0.200. The molecular weight excluding hydrogens is 396 g/mol. The number of hydrogen-bond donors (Lipinski definition) is 0. The standard InChI is InChI=1S/C20H16N2O4S2/c23-18-16(12-13-6-4-5-9-15(13)22(25)26)21(14-7-2-1-3-8-14)19(24)17(18)20-27-10-11-28-20/h1-9,16H,10-12H2. The molecule has 0 radical (unpaired) electrons. The van der Waals surface area contributed by atoms with Gasteiger partial charge in [0.05, 0.1) is 9.16 Å². The molecule has 0 saturated carbocycles. The van der Waals surface area contributed by atoms with Gasteiger partial charge in [0.2, 0.25) is 0 Å². The van der Waals surface area contributed by atoms with E-state index in [-0.39, 0.29) is 29.4 Å². The monoisotopic (exact) mass is 412 g/mol. The zero-order chi connectivity index (χ0) is 19.7. The topological polar surface area (TPSA) is 80.5 Å². The molecule has 2 aromatic carbocycles. The van der Waals surface area contributed by atoms with Gasteiger partial charge in [0.1, 0.15) is 11.6 Å². The van der Waals surface area contributed by atoms with E-state index in [0.29, 0.717) is 11.3 Å². The molecular formula is C20H16N2O4S2. The number of nitrogens with zero attached hydrogens (tertiary/aromatic N) is 2. The van der Waals surface area contributed by atoms with Crippen LogP contribution in [0.1, 0.15) is 5.56 Å². The number of para-hydroxylation sites is 2. The summed E-state index contributed by atoms with van der Waals surface area (Å²) in [6.07, 6.45) is 0.0999. The van der Waals surface area contributed by atoms with Gasteiger partial charge in [-0.2, -0.15) is 0 Å². The zero-order valence-corrected chi connectivity index (χ0v) is 16.4. The molecule has 0 aromatic heterocycles. The Kier molecular flexibility index (Phi) is 5.23. The van der Waals surface area contributed by atoms with Gasteiger partial charge in [-0.25, -0.2) is 0 Å². The SMILES string of the molecule is O=C1C(=C2SCCS2)C(=O)N(c2ccccc2)C1Cc1ccccc1[N+](=O)[O-]. The normalized spacial score (nSPS) is 19.6. The van der Waals surface area contributed by atoms with Crippen LogP contribution in [0, 0.1) is 10.1 Å². The first kappa shape index (κ1) is 18.8. The Morgan fingerprint density at radius 3 is 2.32 bits per heavy atom. The van der Waals surface area contributed by atoms with Crippen molar-refractivity contribution in [3.05, 3.63) is 80.1 Å². The molecule has 2 aliphatic rings. The van der Waals surface area contributed by atoms with E-state index in [9.17, 15) is 19.7 Å². The first-order valence-corrected chi connectivity index (χ1v) is 10.7. The minimum atomic E-state index is -0.791. The number of benzene rings is 2. The summed E-state index contributed by atoms with van der Waals surface area (Å²) in [6.45, 7) is 0. The van der Waals surface area contributed by atoms with Crippen LogP contribution < -0.4 is 4.90 Å². The third-order valence-electron chi connectivity index (χ3n) is 4.68. The Labute approximate surface area is 170 Å². The molecule has 2 heterocycles. The zero-order valence-electron chi connectivity index (χ0n) is 14.7. The van der Waals surface area contributed by atoms with Gasteiger partial charge in [0, 0.05) is 35.2 Å². The second-order valence-electron chi connectivity index (χ2n) is 6.34. The van der Waals surface area contributed by atoms with Crippen molar-refractivity contribution in [3.63, 3.8) is 0 Å². The number of rotatable bonds is 4. The van der Waals surface area contributed by atoms with Crippen LogP contribution in [0.2, 0.25) is 0 Å². The number of nitro groups is 1. The number of nitro benzene ring substituents is 1. The number of carbonyl (C=O) groups excluding carboxylic acids is 2. The average Bonchev–Trinajstić information content (AvgIpc) is 3.30. The lowest BCUT2D eigenvalue weighted by Gasteiger charge is -2.23. The molecule has 2 saturated heterocycles. The van der Waals surface area contributed by atoms with Crippen molar-refractivity contribution in [1.82, 2.24) is 0 Å². The molecule has 0 N–H and O–H groups in total. The number of ketones is 1. The van der Waals surface area contributed by atoms with Crippen LogP contribution in [0.4, 0.5) is 11.4 Å². The average molecular weight is 412 g/mol. The molecule has 6 nitrogen and oxygen atoms in total. The van der Waals surface area contributed by atoms with Crippen molar-refractivity contribution in [2.75, 3.05) is 16.4 Å². The molecule has 4 rings (SSSR count). The molecule has 0 bridgehead atoms. The van der Waals surface area contributed by atoms with E-state index in [1.807, 2.05) is 6.07 Å². The molecule has 2 aromatic rings. The summed E-state index contributed by atoms with van der Waals surface area (Å²) < 4.78 is 0.765. The molecule has 1 unspecified atom stereocenters. The van der Waals surface area contributed by atoms with Gasteiger partial charge >= 0.3 is 0 Å². The summed E-state index contributed by atoms with van der Waals surface area (Å²) in [5, 5.41) is 11.4. The number of carbonyl (C=O) groups is 2. The summed E-state index contributed by atoms with van der Waals surface area (Å²) in [6, 6.07) is 14.6. The van der Waals surface area contributed by atoms with Gasteiger partial charge in [0.15, 0.2) is 5.78 Å². The van der Waals surface area contributed by atoms with Crippen molar-refractivity contribution >= 4 is 46.6 Å². The van der Waals surface area contributed by atoms with Gasteiger partial charge in [-0.1, -0.05) is 36.4 Å². The quantitative estimate of drug-likeness (QED) is 0.329. The van der Waals surface area contributed by atoms with Gasteiger partial charge < -0.3 is 0 Å². The van der Waals surface area contributed by atoms with E-state index >= 15 is 0 Å². The predicted molar refractivity (Wildman–Crippen MR) is 111 cm³/mol. The van der Waals surface area contributed by atoms with E-state index in [0.717, 1.165) is 15.7 Å².